The van der Waals surface area contributed by atoms with Crippen LogP contribution in [0.3, 0.4) is 0 Å². The Bertz CT molecular complexity index is 823. The lowest BCUT2D eigenvalue weighted by Crippen LogP contribution is -2.13. The minimum atomic E-state index is -0.188. The van der Waals surface area contributed by atoms with Crippen LogP contribution in [-0.2, 0) is 0 Å². The van der Waals surface area contributed by atoms with E-state index >= 15 is 0 Å². The Balaban J connectivity index is 2.05. The van der Waals surface area contributed by atoms with Crippen molar-refractivity contribution in [1.82, 2.24) is 19.7 Å². The van der Waals surface area contributed by atoms with Gasteiger partial charge in [-0.25, -0.2) is 9.67 Å². The molecule has 1 N–H and O–H groups in total. The molecular formula is C16H17N5O. The molecule has 0 aromatic carbocycles. The van der Waals surface area contributed by atoms with Crippen molar-refractivity contribution >= 4 is 22.6 Å². The topological polar surface area (TPSA) is 72.7 Å². The minimum absolute atomic E-state index is 0.182. The lowest BCUT2D eigenvalue weighted by molar-refractivity contribution is 0.102. The van der Waals surface area contributed by atoms with Gasteiger partial charge in [-0.15, -0.1) is 0 Å². The van der Waals surface area contributed by atoms with Crippen LogP contribution in [0.25, 0.3) is 11.0 Å². The van der Waals surface area contributed by atoms with Crippen molar-refractivity contribution < 1.29 is 4.79 Å². The van der Waals surface area contributed by atoms with Crippen molar-refractivity contribution in [1.29, 1.82) is 0 Å². The van der Waals surface area contributed by atoms with Crippen molar-refractivity contribution in [2.45, 2.75) is 26.8 Å². The molecule has 0 aliphatic rings. The maximum Gasteiger partial charge on any atom is 0.256 e. The first-order valence-corrected chi connectivity index (χ1v) is 7.12. The molecule has 3 aromatic rings. The highest BCUT2D eigenvalue weighted by Crippen LogP contribution is 2.21. The number of amides is 1. The van der Waals surface area contributed by atoms with Gasteiger partial charge in [-0.1, -0.05) is 0 Å². The maximum absolute atomic E-state index is 12.6. The standard InChI is InChI=1S/C16H17N5O/c1-10(2)21-15-14(9-18-21)13(7-11(3)19-15)16(22)20-12-5-4-6-17-8-12/h4-10H,1-3H3,(H,20,22). The summed E-state index contributed by atoms with van der Waals surface area (Å²) in [6.45, 7) is 5.94. The van der Waals surface area contributed by atoms with Crippen molar-refractivity contribution in [3.8, 4) is 0 Å². The zero-order valence-electron chi connectivity index (χ0n) is 12.7. The molecular weight excluding hydrogens is 278 g/mol. The lowest BCUT2D eigenvalue weighted by Gasteiger charge is -2.09. The SMILES string of the molecule is Cc1cc(C(=O)Nc2cccnc2)c2cnn(C(C)C)c2n1. The molecule has 112 valence electrons. The Morgan fingerprint density at radius 3 is 2.82 bits per heavy atom. The molecule has 0 atom stereocenters. The average molecular weight is 295 g/mol. The van der Waals surface area contributed by atoms with Gasteiger partial charge in [-0.3, -0.25) is 9.78 Å². The summed E-state index contributed by atoms with van der Waals surface area (Å²) >= 11 is 0. The Kier molecular flexibility index (Phi) is 3.58. The van der Waals surface area contributed by atoms with E-state index in [0.29, 0.717) is 11.3 Å². The molecule has 0 saturated carbocycles. The van der Waals surface area contributed by atoms with Crippen molar-refractivity contribution in [2.24, 2.45) is 0 Å². The number of carbonyl (C=O) groups excluding carboxylic acids is 1. The fourth-order valence-corrected chi connectivity index (χ4v) is 2.34. The van der Waals surface area contributed by atoms with Crippen LogP contribution in [0.5, 0.6) is 0 Å². The fourth-order valence-electron chi connectivity index (χ4n) is 2.34. The van der Waals surface area contributed by atoms with Crippen LogP contribution >= 0.6 is 0 Å². The van der Waals surface area contributed by atoms with Crippen LogP contribution in [0.4, 0.5) is 5.69 Å². The number of aryl methyl sites for hydroxylation is 1. The molecule has 0 unspecified atom stereocenters. The molecule has 3 heterocycles. The van der Waals surface area contributed by atoms with Gasteiger partial charge < -0.3 is 5.32 Å². The summed E-state index contributed by atoms with van der Waals surface area (Å²) in [7, 11) is 0. The third-order valence-corrected chi connectivity index (χ3v) is 3.35. The molecule has 3 rings (SSSR count). The second-order valence-electron chi connectivity index (χ2n) is 5.43. The fraction of sp³-hybridized carbons (Fsp3) is 0.250. The number of pyridine rings is 2. The van der Waals surface area contributed by atoms with E-state index in [1.807, 2.05) is 25.5 Å². The van der Waals surface area contributed by atoms with Crippen molar-refractivity contribution in [3.05, 3.63) is 48.0 Å². The number of fused-ring (bicyclic) bond motifs is 1. The molecule has 3 aromatic heterocycles. The van der Waals surface area contributed by atoms with Gasteiger partial charge >= 0.3 is 0 Å². The van der Waals surface area contributed by atoms with Crippen LogP contribution in [0, 0.1) is 6.92 Å². The highest BCUT2D eigenvalue weighted by Gasteiger charge is 2.17. The predicted molar refractivity (Wildman–Crippen MR) is 84.8 cm³/mol. The normalized spacial score (nSPS) is 11.1. The van der Waals surface area contributed by atoms with E-state index in [1.165, 1.54) is 0 Å². The molecule has 22 heavy (non-hydrogen) atoms. The van der Waals surface area contributed by atoms with E-state index in [9.17, 15) is 4.79 Å². The van der Waals surface area contributed by atoms with Crippen LogP contribution in [0.15, 0.2) is 36.8 Å². The second kappa shape index (κ2) is 5.55. The number of rotatable bonds is 3. The van der Waals surface area contributed by atoms with E-state index < -0.39 is 0 Å². The maximum atomic E-state index is 12.6. The summed E-state index contributed by atoms with van der Waals surface area (Å²) in [6.07, 6.45) is 4.97. The molecule has 0 spiro atoms. The van der Waals surface area contributed by atoms with Gasteiger partial charge in [-0.2, -0.15) is 5.10 Å². The van der Waals surface area contributed by atoms with E-state index in [1.54, 1.807) is 36.8 Å². The molecule has 1 amide bonds. The van der Waals surface area contributed by atoms with E-state index in [-0.39, 0.29) is 11.9 Å². The molecule has 6 nitrogen and oxygen atoms in total. The molecule has 0 bridgehead atoms. The Labute approximate surface area is 128 Å². The van der Waals surface area contributed by atoms with Crippen molar-refractivity contribution in [2.75, 3.05) is 5.32 Å². The minimum Gasteiger partial charge on any atom is -0.321 e. The number of carbonyl (C=O) groups is 1. The van der Waals surface area contributed by atoms with Gasteiger partial charge in [0.1, 0.15) is 0 Å². The smallest absolute Gasteiger partial charge is 0.256 e. The van der Waals surface area contributed by atoms with Crippen molar-refractivity contribution in [3.63, 3.8) is 0 Å². The average Bonchev–Trinajstić information content (AvgIpc) is 2.91. The number of hydrogen-bond donors (Lipinski definition) is 1. The third-order valence-electron chi connectivity index (χ3n) is 3.35. The lowest BCUT2D eigenvalue weighted by atomic mass is 10.1. The molecule has 0 fully saturated rings. The number of aromatic nitrogens is 4. The summed E-state index contributed by atoms with van der Waals surface area (Å²) in [5.74, 6) is -0.188. The summed E-state index contributed by atoms with van der Waals surface area (Å²) in [5, 5.41) is 7.95. The zero-order valence-corrected chi connectivity index (χ0v) is 12.7. The van der Waals surface area contributed by atoms with E-state index in [4.69, 9.17) is 0 Å². The summed E-state index contributed by atoms with van der Waals surface area (Å²) < 4.78 is 1.82. The van der Waals surface area contributed by atoms with Crippen LogP contribution < -0.4 is 5.32 Å². The van der Waals surface area contributed by atoms with Gasteiger partial charge in [0, 0.05) is 17.9 Å². The van der Waals surface area contributed by atoms with E-state index in [0.717, 1.165) is 16.7 Å². The third kappa shape index (κ3) is 2.55. The molecule has 6 heteroatoms. The van der Waals surface area contributed by atoms with Crippen LogP contribution in [-0.4, -0.2) is 25.7 Å². The predicted octanol–water partition coefficient (Wildman–Crippen LogP) is 2.97. The van der Waals surface area contributed by atoms with Gasteiger partial charge in [-0.05, 0) is 39.0 Å². The van der Waals surface area contributed by atoms with Gasteiger partial charge in [0.15, 0.2) is 5.65 Å². The Hall–Kier alpha value is -2.76. The quantitative estimate of drug-likeness (QED) is 0.806. The first-order valence-electron chi connectivity index (χ1n) is 7.12. The summed E-state index contributed by atoms with van der Waals surface area (Å²) in [6, 6.07) is 5.54. The highest BCUT2D eigenvalue weighted by atomic mass is 16.1. The number of nitrogens with one attached hydrogen (secondary N) is 1. The first-order chi connectivity index (χ1) is 10.6. The van der Waals surface area contributed by atoms with E-state index in [2.05, 4.69) is 20.4 Å². The van der Waals surface area contributed by atoms with Crippen LogP contribution in [0.2, 0.25) is 0 Å². The molecule has 0 radical (unpaired) electrons. The highest BCUT2D eigenvalue weighted by molar-refractivity contribution is 6.11. The second-order valence-corrected chi connectivity index (χ2v) is 5.43. The Morgan fingerprint density at radius 1 is 1.32 bits per heavy atom. The number of nitrogens with zero attached hydrogens (tertiary/aromatic N) is 4. The van der Waals surface area contributed by atoms with Gasteiger partial charge in [0.25, 0.3) is 5.91 Å². The molecule has 0 aliphatic heterocycles. The number of anilines is 1. The van der Waals surface area contributed by atoms with Gasteiger partial charge in [0.2, 0.25) is 0 Å². The molecule has 0 aliphatic carbocycles. The largest absolute Gasteiger partial charge is 0.321 e. The Morgan fingerprint density at radius 2 is 2.14 bits per heavy atom. The summed E-state index contributed by atoms with van der Waals surface area (Å²) in [5.41, 5.74) is 2.74. The zero-order chi connectivity index (χ0) is 15.7. The van der Waals surface area contributed by atoms with Gasteiger partial charge in [0.05, 0.1) is 29.0 Å². The first kappa shape index (κ1) is 14.2. The molecule has 0 saturated heterocycles. The number of hydrogen-bond acceptors (Lipinski definition) is 4. The summed E-state index contributed by atoms with van der Waals surface area (Å²) in [4.78, 5) is 21.1. The monoisotopic (exact) mass is 295 g/mol. The van der Waals surface area contributed by atoms with Crippen LogP contribution in [0.1, 0.15) is 35.9 Å².